The van der Waals surface area contributed by atoms with E-state index in [0.29, 0.717) is 17.8 Å². The molecule has 0 aromatic carbocycles. The molecule has 0 spiro atoms. The molecular formula is C21H28N6. The van der Waals surface area contributed by atoms with Crippen LogP contribution in [-0.4, -0.2) is 27.0 Å². The number of H-pyrrole nitrogens is 1. The Labute approximate surface area is 159 Å². The summed E-state index contributed by atoms with van der Waals surface area (Å²) >= 11 is 0. The molecule has 0 saturated heterocycles. The van der Waals surface area contributed by atoms with Crippen molar-refractivity contribution < 1.29 is 0 Å². The van der Waals surface area contributed by atoms with Crippen molar-refractivity contribution in [1.82, 2.24) is 15.0 Å². The van der Waals surface area contributed by atoms with Gasteiger partial charge in [-0.05, 0) is 50.3 Å². The smallest absolute Gasteiger partial charge is 0.139 e. The predicted octanol–water partition coefficient (Wildman–Crippen LogP) is 3.84. The van der Waals surface area contributed by atoms with Crippen molar-refractivity contribution in [3.8, 4) is 11.3 Å². The Balaban J connectivity index is 1.78. The third kappa shape index (κ3) is 3.76. The summed E-state index contributed by atoms with van der Waals surface area (Å²) in [7, 11) is 0. The lowest BCUT2D eigenvalue weighted by Crippen LogP contribution is -2.33. The number of aromatic nitrogens is 3. The Kier molecular flexibility index (Phi) is 4.99. The Morgan fingerprint density at radius 2 is 2.00 bits per heavy atom. The van der Waals surface area contributed by atoms with Gasteiger partial charge < -0.3 is 21.8 Å². The van der Waals surface area contributed by atoms with Gasteiger partial charge in [0.15, 0.2) is 0 Å². The zero-order chi connectivity index (χ0) is 18.8. The summed E-state index contributed by atoms with van der Waals surface area (Å²) in [4.78, 5) is 12.6. The number of aromatic amines is 1. The maximum Gasteiger partial charge on any atom is 0.139 e. The minimum atomic E-state index is 0.332. The molecule has 142 valence electrons. The number of hydrogen-bond acceptors (Lipinski definition) is 5. The fourth-order valence-corrected chi connectivity index (χ4v) is 3.94. The summed E-state index contributed by atoms with van der Waals surface area (Å²) in [6.07, 6.45) is 10.0. The predicted molar refractivity (Wildman–Crippen MR) is 112 cm³/mol. The van der Waals surface area contributed by atoms with E-state index in [-0.39, 0.29) is 0 Å². The summed E-state index contributed by atoms with van der Waals surface area (Å²) in [5, 5.41) is 4.91. The first-order valence-electron chi connectivity index (χ1n) is 9.88. The number of aryl methyl sites for hydroxylation is 1. The largest absolute Gasteiger partial charge is 0.399 e. The molecule has 1 fully saturated rings. The Morgan fingerprint density at radius 3 is 2.74 bits per heavy atom. The molecule has 0 atom stereocenters. The number of hydrogen-bond donors (Lipinski definition) is 4. The summed E-state index contributed by atoms with van der Waals surface area (Å²) < 4.78 is 0. The van der Waals surface area contributed by atoms with E-state index in [1.807, 2.05) is 12.3 Å². The number of nitrogen functional groups attached to an aromatic ring is 1. The standard InChI is InChI=1S/C21H28N6/c1-2-3-16-11-17-20(26-15-6-4-13(22)5-7-15)18(12-25-21(17)27-16)19-10-14(23)8-9-24-19/h8-13,15H,2-7,22H2,1H3,(H2,23,24)(H2,25,26,27)/t13-,15-. The number of nitrogens with one attached hydrogen (secondary N) is 2. The van der Waals surface area contributed by atoms with Crippen LogP contribution in [0.1, 0.15) is 44.7 Å². The fourth-order valence-electron chi connectivity index (χ4n) is 3.94. The Hall–Kier alpha value is -2.60. The second kappa shape index (κ2) is 7.56. The van der Waals surface area contributed by atoms with Gasteiger partial charge in [-0.1, -0.05) is 13.3 Å². The van der Waals surface area contributed by atoms with Crippen LogP contribution in [0.5, 0.6) is 0 Å². The molecular weight excluding hydrogens is 336 g/mol. The molecule has 6 nitrogen and oxygen atoms in total. The molecule has 4 rings (SSSR count). The van der Waals surface area contributed by atoms with Crippen LogP contribution in [0.4, 0.5) is 11.4 Å². The van der Waals surface area contributed by atoms with Crippen molar-refractivity contribution in [2.75, 3.05) is 11.1 Å². The van der Waals surface area contributed by atoms with Gasteiger partial charge in [-0.25, -0.2) is 4.98 Å². The van der Waals surface area contributed by atoms with Crippen molar-refractivity contribution in [2.24, 2.45) is 5.73 Å². The van der Waals surface area contributed by atoms with Gasteiger partial charge in [0.05, 0.1) is 11.4 Å². The van der Waals surface area contributed by atoms with Crippen LogP contribution in [0.25, 0.3) is 22.3 Å². The molecule has 6 heteroatoms. The minimum absolute atomic E-state index is 0.332. The van der Waals surface area contributed by atoms with Gasteiger partial charge in [-0.3, -0.25) is 4.98 Å². The first kappa shape index (κ1) is 17.8. The van der Waals surface area contributed by atoms with E-state index in [2.05, 4.69) is 33.3 Å². The molecule has 0 unspecified atom stereocenters. The maximum absolute atomic E-state index is 6.09. The topological polar surface area (TPSA) is 106 Å². The monoisotopic (exact) mass is 364 g/mol. The number of fused-ring (bicyclic) bond motifs is 1. The van der Waals surface area contributed by atoms with Crippen molar-refractivity contribution >= 4 is 22.4 Å². The molecule has 3 heterocycles. The molecule has 3 aromatic heterocycles. The number of anilines is 2. The van der Waals surface area contributed by atoms with Gasteiger partial charge in [0.25, 0.3) is 0 Å². The van der Waals surface area contributed by atoms with E-state index >= 15 is 0 Å². The van der Waals surface area contributed by atoms with Crippen LogP contribution in [-0.2, 0) is 6.42 Å². The average Bonchev–Trinajstić information content (AvgIpc) is 3.07. The summed E-state index contributed by atoms with van der Waals surface area (Å²) in [6, 6.07) is 6.68. The molecule has 0 radical (unpaired) electrons. The highest BCUT2D eigenvalue weighted by atomic mass is 15.0. The molecule has 0 aliphatic heterocycles. The molecule has 1 aliphatic carbocycles. The van der Waals surface area contributed by atoms with E-state index < -0.39 is 0 Å². The Bertz CT molecular complexity index is 924. The molecule has 6 N–H and O–H groups in total. The zero-order valence-corrected chi connectivity index (χ0v) is 15.8. The number of nitrogens with two attached hydrogens (primary N) is 2. The van der Waals surface area contributed by atoms with Crippen molar-refractivity contribution in [3.05, 3.63) is 36.3 Å². The highest BCUT2D eigenvalue weighted by molar-refractivity contribution is 5.98. The van der Waals surface area contributed by atoms with Crippen LogP contribution >= 0.6 is 0 Å². The second-order valence-electron chi connectivity index (χ2n) is 7.58. The second-order valence-corrected chi connectivity index (χ2v) is 7.58. The quantitative estimate of drug-likeness (QED) is 0.550. The van der Waals surface area contributed by atoms with E-state index in [1.54, 1.807) is 12.3 Å². The van der Waals surface area contributed by atoms with Gasteiger partial charge in [0.1, 0.15) is 5.65 Å². The zero-order valence-electron chi connectivity index (χ0n) is 15.8. The van der Waals surface area contributed by atoms with Gasteiger partial charge in [-0.15, -0.1) is 0 Å². The van der Waals surface area contributed by atoms with Crippen molar-refractivity contribution in [3.63, 3.8) is 0 Å². The van der Waals surface area contributed by atoms with Gasteiger partial charge in [0.2, 0.25) is 0 Å². The molecule has 1 saturated carbocycles. The fraction of sp³-hybridized carbons (Fsp3) is 0.429. The van der Waals surface area contributed by atoms with E-state index in [9.17, 15) is 0 Å². The maximum atomic E-state index is 6.09. The van der Waals surface area contributed by atoms with Crippen LogP contribution in [0.15, 0.2) is 30.6 Å². The van der Waals surface area contributed by atoms with Gasteiger partial charge in [-0.2, -0.15) is 0 Å². The van der Waals surface area contributed by atoms with Crippen LogP contribution in [0.3, 0.4) is 0 Å². The molecule has 27 heavy (non-hydrogen) atoms. The van der Waals surface area contributed by atoms with Crippen LogP contribution < -0.4 is 16.8 Å². The summed E-state index contributed by atoms with van der Waals surface area (Å²) in [5.41, 5.74) is 17.9. The van der Waals surface area contributed by atoms with E-state index in [4.69, 9.17) is 11.5 Å². The molecule has 3 aromatic rings. The van der Waals surface area contributed by atoms with E-state index in [0.717, 1.165) is 66.5 Å². The number of rotatable bonds is 5. The van der Waals surface area contributed by atoms with Gasteiger partial charge in [0, 0.05) is 46.8 Å². The summed E-state index contributed by atoms with van der Waals surface area (Å²) in [5.74, 6) is 0. The third-order valence-electron chi connectivity index (χ3n) is 5.41. The number of nitrogens with zero attached hydrogens (tertiary/aromatic N) is 2. The third-order valence-corrected chi connectivity index (χ3v) is 5.41. The Morgan fingerprint density at radius 1 is 1.19 bits per heavy atom. The van der Waals surface area contributed by atoms with Crippen molar-refractivity contribution in [2.45, 2.75) is 57.5 Å². The van der Waals surface area contributed by atoms with Crippen LogP contribution in [0, 0.1) is 0 Å². The SMILES string of the molecule is CCCc1cc2c(N[C@H]3CC[C@H](N)CC3)c(-c3cc(N)ccn3)cnc2[nH]1. The first-order chi connectivity index (χ1) is 13.1. The molecule has 0 bridgehead atoms. The van der Waals surface area contributed by atoms with E-state index in [1.165, 1.54) is 5.69 Å². The lowest BCUT2D eigenvalue weighted by atomic mass is 9.91. The minimum Gasteiger partial charge on any atom is -0.399 e. The molecule has 0 amide bonds. The lowest BCUT2D eigenvalue weighted by molar-refractivity contribution is 0.411. The highest BCUT2D eigenvalue weighted by Gasteiger charge is 2.22. The lowest BCUT2D eigenvalue weighted by Gasteiger charge is -2.28. The summed E-state index contributed by atoms with van der Waals surface area (Å²) in [6.45, 7) is 2.19. The number of pyridine rings is 2. The molecule has 1 aliphatic rings. The van der Waals surface area contributed by atoms with Gasteiger partial charge >= 0.3 is 0 Å². The normalized spacial score (nSPS) is 20.1. The van der Waals surface area contributed by atoms with Crippen molar-refractivity contribution in [1.29, 1.82) is 0 Å². The average molecular weight is 364 g/mol. The highest BCUT2D eigenvalue weighted by Crippen LogP contribution is 2.35. The van der Waals surface area contributed by atoms with Crippen LogP contribution in [0.2, 0.25) is 0 Å². The first-order valence-corrected chi connectivity index (χ1v) is 9.88.